The third kappa shape index (κ3) is 3.09. The first-order chi connectivity index (χ1) is 9.19. The van der Waals surface area contributed by atoms with E-state index in [0.29, 0.717) is 0 Å². The summed E-state index contributed by atoms with van der Waals surface area (Å²) in [6.45, 7) is 9.69. The summed E-state index contributed by atoms with van der Waals surface area (Å²) in [5.41, 5.74) is 2.61. The first-order valence-corrected chi connectivity index (χ1v) is 7.38. The van der Waals surface area contributed by atoms with Gasteiger partial charge in [-0.25, -0.2) is 4.79 Å². The molecule has 0 aromatic heterocycles. The molecule has 0 saturated heterocycles. The molecule has 1 aliphatic rings. The van der Waals surface area contributed by atoms with Gasteiger partial charge in [0.25, 0.3) is 0 Å². The Balaban J connectivity index is 2.42. The second-order valence-electron chi connectivity index (χ2n) is 6.47. The van der Waals surface area contributed by atoms with E-state index in [1.165, 1.54) is 0 Å². The summed E-state index contributed by atoms with van der Waals surface area (Å²) < 4.78 is 5.54. The summed E-state index contributed by atoms with van der Waals surface area (Å²) in [4.78, 5) is 14.3. The van der Waals surface area contributed by atoms with Crippen molar-refractivity contribution in [3.05, 3.63) is 28.3 Å². The molecule has 1 aliphatic heterocycles. The van der Waals surface area contributed by atoms with Crippen molar-refractivity contribution < 1.29 is 9.53 Å². The first-order valence-electron chi connectivity index (χ1n) is 7.00. The molecule has 0 bridgehead atoms. The fourth-order valence-corrected chi connectivity index (χ4v) is 2.93. The van der Waals surface area contributed by atoms with Crippen molar-refractivity contribution in [2.45, 2.75) is 59.1 Å². The monoisotopic (exact) mass is 295 g/mol. The molecule has 3 nitrogen and oxygen atoms in total. The number of benzene rings is 1. The zero-order valence-electron chi connectivity index (χ0n) is 12.8. The third-order valence-corrected chi connectivity index (χ3v) is 3.67. The van der Waals surface area contributed by atoms with Crippen LogP contribution in [0.3, 0.4) is 0 Å². The van der Waals surface area contributed by atoms with Crippen LogP contribution >= 0.6 is 11.6 Å². The molecule has 0 unspecified atom stereocenters. The van der Waals surface area contributed by atoms with Gasteiger partial charge in [0, 0.05) is 11.1 Å². The minimum absolute atomic E-state index is 0.136. The number of rotatable bonds is 0. The Kier molecular flexibility index (Phi) is 4.01. The first kappa shape index (κ1) is 15.2. The number of fused-ring (bicyclic) bond motifs is 1. The van der Waals surface area contributed by atoms with Crippen LogP contribution < -0.4 is 4.90 Å². The van der Waals surface area contributed by atoms with E-state index >= 15 is 0 Å². The van der Waals surface area contributed by atoms with E-state index in [1.807, 2.05) is 39.8 Å². The molecule has 0 radical (unpaired) electrons. The van der Waals surface area contributed by atoms with E-state index in [4.69, 9.17) is 16.3 Å². The van der Waals surface area contributed by atoms with Gasteiger partial charge in [-0.05, 0) is 70.7 Å². The van der Waals surface area contributed by atoms with Crippen LogP contribution in [0.1, 0.15) is 45.2 Å². The topological polar surface area (TPSA) is 29.5 Å². The highest BCUT2D eigenvalue weighted by molar-refractivity contribution is 6.30. The predicted octanol–water partition coefficient (Wildman–Crippen LogP) is 4.72. The summed E-state index contributed by atoms with van der Waals surface area (Å²) in [7, 11) is 0. The largest absolute Gasteiger partial charge is 0.443 e. The molecule has 1 aromatic rings. The van der Waals surface area contributed by atoms with E-state index in [2.05, 4.69) is 6.92 Å². The lowest BCUT2D eigenvalue weighted by atomic mass is 9.94. The molecule has 1 aromatic carbocycles. The minimum Gasteiger partial charge on any atom is -0.443 e. The van der Waals surface area contributed by atoms with E-state index in [9.17, 15) is 4.79 Å². The number of hydrogen-bond donors (Lipinski definition) is 0. The van der Waals surface area contributed by atoms with Gasteiger partial charge < -0.3 is 4.74 Å². The molecule has 0 aliphatic carbocycles. The number of halogens is 1. The summed E-state index contributed by atoms with van der Waals surface area (Å²) >= 11 is 6.12. The van der Waals surface area contributed by atoms with Gasteiger partial charge >= 0.3 is 6.09 Å². The molecule has 0 spiro atoms. The van der Waals surface area contributed by atoms with E-state index < -0.39 is 5.60 Å². The van der Waals surface area contributed by atoms with Crippen LogP contribution in [0.5, 0.6) is 0 Å². The number of aryl methyl sites for hydroxylation is 2. The van der Waals surface area contributed by atoms with Crippen molar-refractivity contribution in [1.82, 2.24) is 0 Å². The lowest BCUT2D eigenvalue weighted by Crippen LogP contribution is -2.45. The fourth-order valence-electron chi connectivity index (χ4n) is 2.64. The predicted molar refractivity (Wildman–Crippen MR) is 82.7 cm³/mol. The van der Waals surface area contributed by atoms with Crippen molar-refractivity contribution in [3.8, 4) is 0 Å². The molecule has 20 heavy (non-hydrogen) atoms. The van der Waals surface area contributed by atoms with Gasteiger partial charge in [-0.3, -0.25) is 4.90 Å². The summed E-state index contributed by atoms with van der Waals surface area (Å²) in [6.07, 6.45) is 1.58. The van der Waals surface area contributed by atoms with Crippen molar-refractivity contribution >= 4 is 23.4 Å². The minimum atomic E-state index is -0.491. The quantitative estimate of drug-likeness (QED) is 0.693. The standard InChI is InChI=1S/C16H22ClNO2/c1-10-8-13(17)9-12-7-6-11(2)18(14(10)12)15(19)20-16(3,4)5/h8-9,11H,6-7H2,1-5H3/t11-/m1/s1. The highest BCUT2D eigenvalue weighted by Gasteiger charge is 2.33. The highest BCUT2D eigenvalue weighted by Crippen LogP contribution is 2.36. The van der Waals surface area contributed by atoms with Crippen LogP contribution in [0.15, 0.2) is 12.1 Å². The van der Waals surface area contributed by atoms with E-state index in [1.54, 1.807) is 4.90 Å². The number of carbonyl (C=O) groups excluding carboxylic acids is 1. The van der Waals surface area contributed by atoms with Gasteiger partial charge in [-0.2, -0.15) is 0 Å². The fraction of sp³-hybridized carbons (Fsp3) is 0.562. The summed E-state index contributed by atoms with van der Waals surface area (Å²) in [5.74, 6) is 0. The molecule has 110 valence electrons. The number of ether oxygens (including phenoxy) is 1. The van der Waals surface area contributed by atoms with Gasteiger partial charge in [0.2, 0.25) is 0 Å². The van der Waals surface area contributed by atoms with Crippen LogP contribution in [0.4, 0.5) is 10.5 Å². The average Bonchev–Trinajstić information content (AvgIpc) is 2.27. The number of nitrogens with zero attached hydrogens (tertiary/aromatic N) is 1. The normalized spacial score (nSPS) is 18.7. The van der Waals surface area contributed by atoms with Crippen LogP contribution in [0, 0.1) is 6.92 Å². The highest BCUT2D eigenvalue weighted by atomic mass is 35.5. The molecule has 4 heteroatoms. The molecule has 1 heterocycles. The third-order valence-electron chi connectivity index (χ3n) is 3.45. The molecule has 0 N–H and O–H groups in total. The van der Waals surface area contributed by atoms with Gasteiger partial charge in [-0.15, -0.1) is 0 Å². The molecular weight excluding hydrogens is 274 g/mol. The zero-order valence-corrected chi connectivity index (χ0v) is 13.5. The Morgan fingerprint density at radius 2 is 2.05 bits per heavy atom. The van der Waals surface area contributed by atoms with Gasteiger partial charge in [0.1, 0.15) is 5.60 Å². The van der Waals surface area contributed by atoms with Crippen LogP contribution in [0.25, 0.3) is 0 Å². The number of carbonyl (C=O) groups is 1. The second-order valence-corrected chi connectivity index (χ2v) is 6.90. The number of amides is 1. The maximum atomic E-state index is 12.5. The number of hydrogen-bond acceptors (Lipinski definition) is 2. The van der Waals surface area contributed by atoms with Gasteiger partial charge in [0.15, 0.2) is 0 Å². The van der Waals surface area contributed by atoms with Crippen LogP contribution in [0.2, 0.25) is 5.02 Å². The Morgan fingerprint density at radius 1 is 1.40 bits per heavy atom. The molecule has 1 amide bonds. The lowest BCUT2D eigenvalue weighted by Gasteiger charge is -2.37. The molecule has 0 fully saturated rings. The Bertz CT molecular complexity index is 534. The second kappa shape index (κ2) is 5.28. The van der Waals surface area contributed by atoms with Gasteiger partial charge in [-0.1, -0.05) is 11.6 Å². The summed E-state index contributed by atoms with van der Waals surface area (Å²) in [6, 6.07) is 3.99. The maximum absolute atomic E-state index is 12.5. The lowest BCUT2D eigenvalue weighted by molar-refractivity contribution is 0.0563. The SMILES string of the molecule is Cc1cc(Cl)cc2c1N(C(=O)OC(C)(C)C)[C@H](C)CC2. The van der Waals surface area contributed by atoms with Crippen LogP contribution in [-0.2, 0) is 11.2 Å². The smallest absolute Gasteiger partial charge is 0.415 e. The Labute approximate surface area is 125 Å². The maximum Gasteiger partial charge on any atom is 0.415 e. The molecule has 2 rings (SSSR count). The van der Waals surface area contributed by atoms with Crippen molar-refractivity contribution in [1.29, 1.82) is 0 Å². The van der Waals surface area contributed by atoms with E-state index in [-0.39, 0.29) is 12.1 Å². The van der Waals surface area contributed by atoms with Crippen molar-refractivity contribution in [2.75, 3.05) is 4.90 Å². The zero-order chi connectivity index (χ0) is 15.1. The number of anilines is 1. The van der Waals surface area contributed by atoms with Crippen LogP contribution in [-0.4, -0.2) is 17.7 Å². The Hall–Kier alpha value is -1.22. The Morgan fingerprint density at radius 3 is 2.65 bits per heavy atom. The molecular formula is C16H22ClNO2. The van der Waals surface area contributed by atoms with E-state index in [0.717, 1.165) is 34.7 Å². The van der Waals surface area contributed by atoms with Crippen molar-refractivity contribution in [2.24, 2.45) is 0 Å². The van der Waals surface area contributed by atoms with Crippen molar-refractivity contribution in [3.63, 3.8) is 0 Å². The summed E-state index contributed by atoms with van der Waals surface area (Å²) in [5, 5.41) is 0.722. The molecule has 1 atom stereocenters. The molecule has 0 saturated carbocycles. The van der Waals surface area contributed by atoms with Gasteiger partial charge in [0.05, 0.1) is 5.69 Å². The average molecular weight is 296 g/mol.